The van der Waals surface area contributed by atoms with Crippen LogP contribution < -0.4 is 5.73 Å². The first-order chi connectivity index (χ1) is 7.68. The molecule has 0 saturated heterocycles. The highest BCUT2D eigenvalue weighted by Crippen LogP contribution is 2.48. The number of nitrogens with two attached hydrogens (primary N) is 1. The highest BCUT2D eigenvalue weighted by atomic mass is 16.1. The highest BCUT2D eigenvalue weighted by Gasteiger charge is 2.49. The third-order valence-corrected chi connectivity index (χ3v) is 4.32. The lowest BCUT2D eigenvalue weighted by Crippen LogP contribution is -2.40. The molecule has 0 amide bonds. The van der Waals surface area contributed by atoms with Gasteiger partial charge in [-0.25, -0.2) is 4.98 Å². The number of ketones is 1. The number of carbonyl (C=O) groups is 1. The van der Waals surface area contributed by atoms with Gasteiger partial charge in [0.25, 0.3) is 0 Å². The molecule has 16 heavy (non-hydrogen) atoms. The van der Waals surface area contributed by atoms with Gasteiger partial charge in [0.15, 0.2) is 5.82 Å². The fraction of sp³-hybridized carbons (Fsp3) is 0.667. The van der Waals surface area contributed by atoms with E-state index in [0.717, 1.165) is 6.42 Å². The van der Waals surface area contributed by atoms with Crippen LogP contribution in [0, 0.1) is 17.8 Å². The number of aryl methyl sites for hydroxylation is 1. The summed E-state index contributed by atoms with van der Waals surface area (Å²) in [4.78, 5) is 16.5. The number of rotatable bonds is 2. The van der Waals surface area contributed by atoms with Crippen molar-refractivity contribution in [3.63, 3.8) is 0 Å². The van der Waals surface area contributed by atoms with E-state index in [1.807, 2.05) is 13.2 Å². The second kappa shape index (κ2) is 3.42. The van der Waals surface area contributed by atoms with Crippen LogP contribution in [-0.4, -0.2) is 21.4 Å². The van der Waals surface area contributed by atoms with Crippen LogP contribution in [0.4, 0.5) is 0 Å². The number of imidazole rings is 1. The highest BCUT2D eigenvalue weighted by molar-refractivity contribution is 5.95. The van der Waals surface area contributed by atoms with Gasteiger partial charge in [-0.05, 0) is 31.1 Å². The second-order valence-corrected chi connectivity index (χ2v) is 5.16. The molecular formula is C12H17N3O. The quantitative estimate of drug-likeness (QED) is 0.754. The van der Waals surface area contributed by atoms with Gasteiger partial charge in [0.1, 0.15) is 0 Å². The molecule has 4 nitrogen and oxygen atoms in total. The normalized spacial score (nSPS) is 36.9. The molecule has 2 fully saturated rings. The Morgan fingerprint density at radius 1 is 1.50 bits per heavy atom. The van der Waals surface area contributed by atoms with E-state index in [9.17, 15) is 4.79 Å². The average Bonchev–Trinajstić information content (AvgIpc) is 2.92. The Balaban J connectivity index is 1.89. The third kappa shape index (κ3) is 1.26. The minimum absolute atomic E-state index is 0.0137. The zero-order valence-corrected chi connectivity index (χ0v) is 9.47. The first-order valence-electron chi connectivity index (χ1n) is 5.95. The number of hydrogen-bond donors (Lipinski definition) is 1. The van der Waals surface area contributed by atoms with Gasteiger partial charge in [-0.2, -0.15) is 0 Å². The molecule has 2 aliphatic carbocycles. The van der Waals surface area contributed by atoms with E-state index in [-0.39, 0.29) is 17.7 Å². The van der Waals surface area contributed by atoms with E-state index in [1.165, 1.54) is 12.8 Å². The maximum atomic E-state index is 12.4. The molecular weight excluding hydrogens is 202 g/mol. The Morgan fingerprint density at radius 3 is 2.81 bits per heavy atom. The van der Waals surface area contributed by atoms with E-state index in [1.54, 1.807) is 10.8 Å². The van der Waals surface area contributed by atoms with E-state index in [0.29, 0.717) is 17.7 Å². The summed E-state index contributed by atoms with van der Waals surface area (Å²) in [7, 11) is 1.86. The van der Waals surface area contributed by atoms with Crippen molar-refractivity contribution >= 4 is 5.78 Å². The smallest absolute Gasteiger partial charge is 0.203 e. The van der Waals surface area contributed by atoms with Crippen molar-refractivity contribution in [1.29, 1.82) is 0 Å². The lowest BCUT2D eigenvalue weighted by molar-refractivity contribution is 0.0842. The number of nitrogens with zero attached hydrogens (tertiary/aromatic N) is 2. The zero-order chi connectivity index (χ0) is 11.3. The molecule has 2 aliphatic rings. The SMILES string of the molecule is Cn1ccnc1C(=O)C1C2CCC(C2)C1N. The number of hydrogen-bond acceptors (Lipinski definition) is 3. The van der Waals surface area contributed by atoms with Crippen LogP contribution in [0.1, 0.15) is 29.9 Å². The van der Waals surface area contributed by atoms with Gasteiger partial charge >= 0.3 is 0 Å². The van der Waals surface area contributed by atoms with Crippen LogP contribution in [0.2, 0.25) is 0 Å². The molecule has 2 bridgehead atoms. The van der Waals surface area contributed by atoms with E-state index in [2.05, 4.69) is 4.98 Å². The van der Waals surface area contributed by atoms with Crippen molar-refractivity contribution in [2.45, 2.75) is 25.3 Å². The van der Waals surface area contributed by atoms with Crippen LogP contribution in [0.15, 0.2) is 12.4 Å². The molecule has 0 aliphatic heterocycles. The lowest BCUT2D eigenvalue weighted by atomic mass is 9.82. The Kier molecular flexibility index (Phi) is 2.14. The molecule has 4 atom stereocenters. The summed E-state index contributed by atoms with van der Waals surface area (Å²) in [5.74, 6) is 1.79. The van der Waals surface area contributed by atoms with Crippen molar-refractivity contribution in [2.24, 2.45) is 30.5 Å². The average molecular weight is 219 g/mol. The Labute approximate surface area is 94.8 Å². The molecule has 0 spiro atoms. The van der Waals surface area contributed by atoms with Crippen LogP contribution in [0.5, 0.6) is 0 Å². The molecule has 1 aromatic rings. The van der Waals surface area contributed by atoms with Crippen LogP contribution >= 0.6 is 0 Å². The topological polar surface area (TPSA) is 60.9 Å². The Bertz CT molecular complexity index is 424. The number of fused-ring (bicyclic) bond motifs is 2. The van der Waals surface area contributed by atoms with E-state index >= 15 is 0 Å². The zero-order valence-electron chi connectivity index (χ0n) is 9.47. The maximum absolute atomic E-state index is 12.4. The summed E-state index contributed by atoms with van der Waals surface area (Å²) in [5, 5.41) is 0. The van der Waals surface area contributed by atoms with Gasteiger partial charge in [0.05, 0.1) is 0 Å². The van der Waals surface area contributed by atoms with Gasteiger partial charge < -0.3 is 10.3 Å². The van der Waals surface area contributed by atoms with Crippen molar-refractivity contribution in [3.05, 3.63) is 18.2 Å². The summed E-state index contributed by atoms with van der Waals surface area (Å²) < 4.78 is 1.79. The van der Waals surface area contributed by atoms with Crippen molar-refractivity contribution in [2.75, 3.05) is 0 Å². The van der Waals surface area contributed by atoms with Gasteiger partial charge in [-0.15, -0.1) is 0 Å². The largest absolute Gasteiger partial charge is 0.332 e. The van der Waals surface area contributed by atoms with E-state index in [4.69, 9.17) is 5.73 Å². The predicted octanol–water partition coefficient (Wildman–Crippen LogP) is 0.976. The first kappa shape index (κ1) is 10.0. The fourth-order valence-corrected chi connectivity index (χ4v) is 3.48. The third-order valence-electron chi connectivity index (χ3n) is 4.32. The standard InChI is InChI=1S/C12H17N3O/c1-15-5-4-14-12(15)11(16)9-7-2-3-8(6-7)10(9)13/h4-5,7-10H,2-3,6,13H2,1H3. The van der Waals surface area contributed by atoms with Crippen molar-refractivity contribution in [1.82, 2.24) is 9.55 Å². The molecule has 1 aromatic heterocycles. The minimum Gasteiger partial charge on any atom is -0.332 e. The fourth-order valence-electron chi connectivity index (χ4n) is 3.48. The molecule has 4 heteroatoms. The lowest BCUT2D eigenvalue weighted by Gasteiger charge is -2.26. The van der Waals surface area contributed by atoms with Gasteiger partial charge in [-0.3, -0.25) is 4.79 Å². The summed E-state index contributed by atoms with van der Waals surface area (Å²) in [6.45, 7) is 0. The van der Waals surface area contributed by atoms with Crippen LogP contribution in [-0.2, 0) is 7.05 Å². The molecule has 3 rings (SSSR count). The van der Waals surface area contributed by atoms with Gasteiger partial charge in [0.2, 0.25) is 5.78 Å². The predicted molar refractivity (Wildman–Crippen MR) is 59.8 cm³/mol. The maximum Gasteiger partial charge on any atom is 0.203 e. The summed E-state index contributed by atoms with van der Waals surface area (Å²) in [5.41, 5.74) is 6.16. The molecule has 86 valence electrons. The van der Waals surface area contributed by atoms with Crippen molar-refractivity contribution in [3.8, 4) is 0 Å². The summed E-state index contributed by atoms with van der Waals surface area (Å²) in [6, 6.07) is 0.0583. The number of Topliss-reactive ketones (excluding diaryl/α,β-unsaturated/α-hetero) is 1. The molecule has 2 N–H and O–H groups in total. The first-order valence-corrected chi connectivity index (χ1v) is 5.95. The Morgan fingerprint density at radius 2 is 2.25 bits per heavy atom. The number of carbonyl (C=O) groups excluding carboxylic acids is 1. The van der Waals surface area contributed by atoms with Gasteiger partial charge in [0, 0.05) is 31.4 Å². The Hall–Kier alpha value is -1.16. The molecule has 0 radical (unpaired) electrons. The van der Waals surface area contributed by atoms with Gasteiger partial charge in [-0.1, -0.05) is 0 Å². The molecule has 0 aromatic carbocycles. The monoisotopic (exact) mass is 219 g/mol. The number of aromatic nitrogens is 2. The second-order valence-electron chi connectivity index (χ2n) is 5.16. The minimum atomic E-state index is 0.0137. The van der Waals surface area contributed by atoms with Crippen LogP contribution in [0.25, 0.3) is 0 Å². The summed E-state index contributed by atoms with van der Waals surface area (Å²) >= 11 is 0. The molecule has 2 saturated carbocycles. The van der Waals surface area contributed by atoms with Crippen LogP contribution in [0.3, 0.4) is 0 Å². The van der Waals surface area contributed by atoms with Crippen molar-refractivity contribution < 1.29 is 4.79 Å². The summed E-state index contributed by atoms with van der Waals surface area (Å²) in [6.07, 6.45) is 7.00. The molecule has 4 unspecified atom stereocenters. The molecule has 1 heterocycles. The van der Waals surface area contributed by atoms with E-state index < -0.39 is 0 Å².